The molecule has 0 atom stereocenters. The summed E-state index contributed by atoms with van der Waals surface area (Å²) in [6, 6.07) is 9.54. The molecule has 9 nitrogen and oxygen atoms in total. The first kappa shape index (κ1) is 29.3. The van der Waals surface area contributed by atoms with Crippen molar-refractivity contribution in [3.05, 3.63) is 47.0 Å². The minimum Gasteiger partial charge on any atom is -0.497 e. The van der Waals surface area contributed by atoms with E-state index in [4.69, 9.17) is 35.1 Å². The Hall–Kier alpha value is -2.31. The maximum atomic E-state index is 13.7. The molecule has 0 radical (unpaired) electrons. The van der Waals surface area contributed by atoms with Gasteiger partial charge in [0.15, 0.2) is 0 Å². The van der Waals surface area contributed by atoms with Crippen LogP contribution in [0.15, 0.2) is 41.3 Å². The molecule has 1 fully saturated rings. The van der Waals surface area contributed by atoms with Crippen molar-refractivity contribution in [1.29, 1.82) is 0 Å². The summed E-state index contributed by atoms with van der Waals surface area (Å²) >= 11 is 6.55. The van der Waals surface area contributed by atoms with Crippen LogP contribution in [-0.4, -0.2) is 64.4 Å². The normalized spacial score (nSPS) is 16.6. The Labute approximate surface area is 224 Å². The van der Waals surface area contributed by atoms with Gasteiger partial charge in [-0.3, -0.25) is 4.79 Å². The third kappa shape index (κ3) is 6.41. The third-order valence-electron chi connectivity index (χ3n) is 6.60. The number of sulfonamides is 1. The summed E-state index contributed by atoms with van der Waals surface area (Å²) in [5, 5.41) is 0.196. The van der Waals surface area contributed by atoms with Gasteiger partial charge in [0.25, 0.3) is 0 Å². The van der Waals surface area contributed by atoms with Crippen LogP contribution >= 0.6 is 11.6 Å². The summed E-state index contributed by atoms with van der Waals surface area (Å²) in [6.45, 7) is 8.73. The largest absolute Gasteiger partial charge is 0.497 e. The van der Waals surface area contributed by atoms with E-state index in [2.05, 4.69) is 0 Å². The van der Waals surface area contributed by atoms with Gasteiger partial charge in [-0.2, -0.15) is 4.31 Å². The van der Waals surface area contributed by atoms with Gasteiger partial charge >= 0.3 is 13.1 Å². The second kappa shape index (κ2) is 11.2. The van der Waals surface area contributed by atoms with E-state index in [1.807, 2.05) is 27.7 Å². The van der Waals surface area contributed by atoms with E-state index in [-0.39, 0.29) is 29.6 Å². The lowest BCUT2D eigenvalue weighted by molar-refractivity contribution is -0.141. The Morgan fingerprint density at radius 2 is 1.68 bits per heavy atom. The van der Waals surface area contributed by atoms with E-state index in [9.17, 15) is 13.2 Å². The van der Waals surface area contributed by atoms with Gasteiger partial charge in [-0.15, -0.1) is 0 Å². The van der Waals surface area contributed by atoms with Crippen LogP contribution in [0.3, 0.4) is 0 Å². The summed E-state index contributed by atoms with van der Waals surface area (Å²) in [6.07, 6.45) is 0. The van der Waals surface area contributed by atoms with Gasteiger partial charge in [-0.1, -0.05) is 23.7 Å². The number of methoxy groups -OCH3 is 2. The van der Waals surface area contributed by atoms with Crippen LogP contribution in [-0.2, 0) is 35.4 Å². The smallest absolute Gasteiger partial charge is 0.496 e. The molecule has 1 aliphatic heterocycles. The first-order valence-corrected chi connectivity index (χ1v) is 13.5. The lowest BCUT2D eigenvalue weighted by Gasteiger charge is -2.32. The fourth-order valence-corrected chi connectivity index (χ4v) is 5.49. The standard InChI is InChI=1S/C25H33BClNO8S/c1-17(29)34-13-12-28(16-18-8-9-19(32-6)14-23(18)33-7)37(30,31)20-10-11-21(22(27)15-20)26-35-24(2,3)25(4,5)36-26/h8-11,14-15H,12-13,16H2,1-7H3. The van der Waals surface area contributed by atoms with Crippen molar-refractivity contribution in [1.82, 2.24) is 4.31 Å². The number of carbonyl (C=O) groups is 1. The van der Waals surface area contributed by atoms with E-state index >= 15 is 0 Å². The van der Waals surface area contributed by atoms with Gasteiger partial charge in [-0.25, -0.2) is 8.42 Å². The first-order valence-electron chi connectivity index (χ1n) is 11.7. The summed E-state index contributed by atoms with van der Waals surface area (Å²) in [5.41, 5.74) is -0.00920. The Balaban J connectivity index is 1.93. The molecule has 0 saturated carbocycles. The SMILES string of the molecule is COc1ccc(CN(CCOC(C)=O)S(=O)(=O)c2ccc(B3OC(C)(C)C(C)(C)O3)c(Cl)c2)c(OC)c1. The zero-order chi connectivity index (χ0) is 27.6. The molecule has 1 saturated heterocycles. The predicted octanol–water partition coefficient (Wildman–Crippen LogP) is 3.41. The molecule has 202 valence electrons. The molecule has 3 rings (SSSR count). The number of halogens is 1. The molecule has 0 amide bonds. The summed E-state index contributed by atoms with van der Waals surface area (Å²) in [7, 11) is -1.78. The Morgan fingerprint density at radius 3 is 2.22 bits per heavy atom. The lowest BCUT2D eigenvalue weighted by atomic mass is 9.79. The summed E-state index contributed by atoms with van der Waals surface area (Å²) in [5.74, 6) is 0.523. The zero-order valence-electron chi connectivity index (χ0n) is 22.2. The molecule has 12 heteroatoms. The van der Waals surface area contributed by atoms with E-state index in [1.165, 1.54) is 37.6 Å². The van der Waals surface area contributed by atoms with Crippen molar-refractivity contribution in [2.45, 2.75) is 57.3 Å². The van der Waals surface area contributed by atoms with Crippen molar-refractivity contribution in [2.24, 2.45) is 0 Å². The maximum absolute atomic E-state index is 13.7. The van der Waals surface area contributed by atoms with E-state index in [1.54, 1.807) is 24.3 Å². The second-order valence-electron chi connectivity index (χ2n) is 9.63. The van der Waals surface area contributed by atoms with E-state index < -0.39 is 34.3 Å². The fourth-order valence-electron chi connectivity index (χ4n) is 3.73. The number of benzene rings is 2. The highest BCUT2D eigenvalue weighted by Crippen LogP contribution is 2.37. The quantitative estimate of drug-likeness (QED) is 0.326. The molecule has 2 aromatic carbocycles. The Bertz CT molecular complexity index is 1240. The molecule has 0 aromatic heterocycles. The average molecular weight is 554 g/mol. The number of esters is 1. The van der Waals surface area contributed by atoms with Gasteiger partial charge in [0.1, 0.15) is 18.1 Å². The minimum atomic E-state index is -4.06. The molecule has 1 aliphatic rings. The average Bonchev–Trinajstić information content (AvgIpc) is 3.04. The van der Waals surface area contributed by atoms with Gasteiger partial charge < -0.3 is 23.5 Å². The van der Waals surface area contributed by atoms with Crippen molar-refractivity contribution in [3.63, 3.8) is 0 Å². The molecule has 0 spiro atoms. The monoisotopic (exact) mass is 553 g/mol. The molecule has 37 heavy (non-hydrogen) atoms. The molecule has 0 aliphatic carbocycles. The molecular weight excluding hydrogens is 521 g/mol. The molecule has 1 heterocycles. The highest BCUT2D eigenvalue weighted by molar-refractivity contribution is 7.89. The van der Waals surface area contributed by atoms with Crippen LogP contribution in [0.5, 0.6) is 11.5 Å². The number of hydrogen-bond acceptors (Lipinski definition) is 8. The van der Waals surface area contributed by atoms with Gasteiger partial charge in [-0.05, 0) is 45.9 Å². The number of nitrogens with zero attached hydrogens (tertiary/aromatic N) is 1. The molecule has 0 N–H and O–H groups in total. The number of ether oxygens (including phenoxy) is 3. The second-order valence-corrected chi connectivity index (χ2v) is 12.0. The van der Waals surface area contributed by atoms with Crippen molar-refractivity contribution in [2.75, 3.05) is 27.4 Å². The van der Waals surface area contributed by atoms with Crippen LogP contribution in [0.2, 0.25) is 5.02 Å². The van der Waals surface area contributed by atoms with Crippen LogP contribution in [0.25, 0.3) is 0 Å². The van der Waals surface area contributed by atoms with Gasteiger partial charge in [0.05, 0.1) is 30.3 Å². The number of hydrogen-bond donors (Lipinski definition) is 0. The van der Waals surface area contributed by atoms with Crippen molar-refractivity contribution < 1.29 is 36.7 Å². The third-order valence-corrected chi connectivity index (χ3v) is 8.77. The molecular formula is C25H33BClNO8S. The van der Waals surface area contributed by atoms with Crippen LogP contribution in [0.4, 0.5) is 0 Å². The highest BCUT2D eigenvalue weighted by atomic mass is 35.5. The van der Waals surface area contributed by atoms with E-state index in [0.29, 0.717) is 22.5 Å². The molecule has 0 bridgehead atoms. The maximum Gasteiger partial charge on any atom is 0.496 e. The minimum absolute atomic E-state index is 0.0203. The van der Waals surface area contributed by atoms with Gasteiger partial charge in [0, 0.05) is 42.1 Å². The van der Waals surface area contributed by atoms with Crippen LogP contribution in [0, 0.1) is 0 Å². The topological polar surface area (TPSA) is 101 Å². The lowest BCUT2D eigenvalue weighted by Crippen LogP contribution is -2.41. The highest BCUT2D eigenvalue weighted by Gasteiger charge is 2.52. The van der Waals surface area contributed by atoms with Gasteiger partial charge in [0.2, 0.25) is 10.0 Å². The molecule has 2 aromatic rings. The van der Waals surface area contributed by atoms with Crippen LogP contribution < -0.4 is 14.9 Å². The van der Waals surface area contributed by atoms with Crippen molar-refractivity contribution >= 4 is 40.2 Å². The van der Waals surface area contributed by atoms with Crippen molar-refractivity contribution in [3.8, 4) is 11.5 Å². The van der Waals surface area contributed by atoms with E-state index in [0.717, 1.165) is 0 Å². The predicted molar refractivity (Wildman–Crippen MR) is 141 cm³/mol. The van der Waals surface area contributed by atoms with Crippen LogP contribution in [0.1, 0.15) is 40.2 Å². The zero-order valence-corrected chi connectivity index (χ0v) is 23.7. The Kier molecular flexibility index (Phi) is 8.86. The number of carbonyl (C=O) groups excluding carboxylic acids is 1. The number of rotatable bonds is 10. The summed E-state index contributed by atoms with van der Waals surface area (Å²) in [4.78, 5) is 11.3. The molecule has 0 unspecified atom stereocenters. The first-order chi connectivity index (χ1) is 17.2. The summed E-state index contributed by atoms with van der Waals surface area (Å²) < 4.78 is 56.5. The Morgan fingerprint density at radius 1 is 1.03 bits per heavy atom. The fraction of sp³-hybridized carbons (Fsp3) is 0.480.